The van der Waals surface area contributed by atoms with Crippen LogP contribution >= 0.6 is 0 Å². The second-order valence-corrected chi connectivity index (χ2v) is 9.24. The Hall–Kier alpha value is -2.46. The van der Waals surface area contributed by atoms with E-state index in [9.17, 15) is 22.8 Å². The van der Waals surface area contributed by atoms with Crippen LogP contribution in [0.1, 0.15) is 44.2 Å². The number of hydrogen-bond donors (Lipinski definition) is 3. The van der Waals surface area contributed by atoms with Gasteiger partial charge in [-0.15, -0.1) is 4.83 Å². The van der Waals surface area contributed by atoms with Crippen LogP contribution in [0.25, 0.3) is 0 Å². The molecule has 1 fully saturated rings. The molecule has 28 heavy (non-hydrogen) atoms. The minimum absolute atomic E-state index is 0.0873. The summed E-state index contributed by atoms with van der Waals surface area (Å²) in [7, 11) is -3.91. The van der Waals surface area contributed by atoms with Crippen LogP contribution in [0.5, 0.6) is 0 Å². The molecule has 152 valence electrons. The maximum absolute atomic E-state index is 12.4. The number of hydrazine groups is 1. The summed E-state index contributed by atoms with van der Waals surface area (Å²) in [5.41, 5.74) is 3.29. The van der Waals surface area contributed by atoms with Crippen LogP contribution in [-0.4, -0.2) is 43.2 Å². The lowest BCUT2D eigenvalue weighted by Crippen LogP contribution is -2.44. The zero-order chi connectivity index (χ0) is 20.5. The first-order chi connectivity index (χ1) is 13.1. The van der Waals surface area contributed by atoms with Crippen molar-refractivity contribution in [1.82, 2.24) is 20.5 Å². The van der Waals surface area contributed by atoms with Crippen molar-refractivity contribution in [3.8, 4) is 0 Å². The molecule has 0 radical (unpaired) electrons. The summed E-state index contributed by atoms with van der Waals surface area (Å²) in [6, 6.07) is 4.40. The number of benzene rings is 1. The molecule has 0 spiro atoms. The number of imide groups is 1. The van der Waals surface area contributed by atoms with Crippen LogP contribution in [0, 0.1) is 0 Å². The average molecular weight is 408 g/mol. The summed E-state index contributed by atoms with van der Waals surface area (Å²) in [6.07, 6.45) is 3.69. The summed E-state index contributed by atoms with van der Waals surface area (Å²) in [4.78, 5) is 38.9. The second kappa shape index (κ2) is 7.51. The van der Waals surface area contributed by atoms with E-state index in [-0.39, 0.29) is 17.9 Å². The van der Waals surface area contributed by atoms with Gasteiger partial charge in [0.2, 0.25) is 5.91 Å². The fourth-order valence-corrected chi connectivity index (χ4v) is 4.27. The van der Waals surface area contributed by atoms with E-state index >= 15 is 0 Å². The van der Waals surface area contributed by atoms with Gasteiger partial charge in [-0.25, -0.2) is 13.2 Å². The molecular formula is C18H24N4O5S. The van der Waals surface area contributed by atoms with Crippen molar-refractivity contribution in [1.29, 1.82) is 0 Å². The molecule has 0 bridgehead atoms. The van der Waals surface area contributed by atoms with Gasteiger partial charge in [0.1, 0.15) is 5.54 Å². The Morgan fingerprint density at radius 1 is 1.18 bits per heavy atom. The Balaban J connectivity index is 1.55. The van der Waals surface area contributed by atoms with Crippen LogP contribution in [0.3, 0.4) is 0 Å². The van der Waals surface area contributed by atoms with Crippen LogP contribution < -0.4 is 15.6 Å². The molecule has 10 heteroatoms. The van der Waals surface area contributed by atoms with E-state index in [0.717, 1.165) is 41.7 Å². The van der Waals surface area contributed by atoms with Crippen molar-refractivity contribution in [3.05, 3.63) is 29.3 Å². The monoisotopic (exact) mass is 408 g/mol. The molecule has 1 heterocycles. The molecule has 0 atom stereocenters. The van der Waals surface area contributed by atoms with Gasteiger partial charge in [0.25, 0.3) is 15.9 Å². The summed E-state index contributed by atoms with van der Waals surface area (Å²) in [5.74, 6) is -1.08. The lowest BCUT2D eigenvalue weighted by Gasteiger charge is -2.17. The summed E-state index contributed by atoms with van der Waals surface area (Å²) in [6.45, 7) is 3.00. The SMILES string of the molecule is CC1(C)NC(=O)N(CCC(=O)NNS(=O)(=O)c2ccc3c(c2)CCCC3)C1=O. The number of fused-ring (bicyclic) bond motifs is 1. The fraction of sp³-hybridized carbons (Fsp3) is 0.500. The van der Waals surface area contributed by atoms with Crippen molar-refractivity contribution in [2.24, 2.45) is 0 Å². The van der Waals surface area contributed by atoms with Gasteiger partial charge < -0.3 is 5.32 Å². The van der Waals surface area contributed by atoms with Gasteiger partial charge in [-0.3, -0.25) is 19.9 Å². The fourth-order valence-electron chi connectivity index (χ4n) is 3.36. The average Bonchev–Trinajstić information content (AvgIpc) is 2.85. The van der Waals surface area contributed by atoms with Crippen molar-refractivity contribution in [2.45, 2.75) is 56.4 Å². The second-order valence-electron chi connectivity index (χ2n) is 7.55. The molecule has 2 aliphatic rings. The Bertz CT molecular complexity index is 926. The predicted octanol–water partition coefficient (Wildman–Crippen LogP) is 0.595. The maximum atomic E-state index is 12.4. The van der Waals surface area contributed by atoms with E-state index in [4.69, 9.17) is 0 Å². The third kappa shape index (κ3) is 4.17. The third-order valence-corrected chi connectivity index (χ3v) is 6.21. The minimum Gasteiger partial charge on any atom is -0.324 e. The molecule has 1 aliphatic heterocycles. The number of carbonyl (C=O) groups is 3. The summed E-state index contributed by atoms with van der Waals surface area (Å²) >= 11 is 0. The molecular weight excluding hydrogens is 384 g/mol. The zero-order valence-electron chi connectivity index (χ0n) is 15.9. The van der Waals surface area contributed by atoms with E-state index < -0.39 is 33.4 Å². The van der Waals surface area contributed by atoms with Gasteiger partial charge in [0.05, 0.1) is 4.90 Å². The number of carbonyl (C=O) groups excluding carboxylic acids is 3. The summed E-state index contributed by atoms with van der Waals surface area (Å²) < 4.78 is 24.8. The molecule has 3 rings (SSSR count). The van der Waals surface area contributed by atoms with Gasteiger partial charge in [0.15, 0.2) is 0 Å². The quantitative estimate of drug-likeness (QED) is 0.469. The highest BCUT2D eigenvalue weighted by molar-refractivity contribution is 7.89. The third-order valence-electron chi connectivity index (χ3n) is 4.96. The van der Waals surface area contributed by atoms with Crippen LogP contribution in [0.2, 0.25) is 0 Å². The molecule has 0 aromatic heterocycles. The Morgan fingerprint density at radius 2 is 1.86 bits per heavy atom. The molecule has 1 aromatic rings. The first-order valence-corrected chi connectivity index (χ1v) is 10.6. The first-order valence-electron chi connectivity index (χ1n) is 9.17. The largest absolute Gasteiger partial charge is 0.325 e. The Labute approximate surface area is 163 Å². The summed E-state index contributed by atoms with van der Waals surface area (Å²) in [5, 5.41) is 2.51. The standard InChI is InChI=1S/C18H24N4O5S/c1-18(2)16(24)22(17(25)19-18)10-9-15(23)20-21-28(26,27)14-8-7-12-5-3-4-6-13(12)11-14/h7-8,11,21H,3-6,9-10H2,1-2H3,(H,19,25)(H,20,23). The number of urea groups is 1. The number of rotatable bonds is 6. The number of aryl methyl sites for hydroxylation is 2. The molecule has 3 N–H and O–H groups in total. The highest BCUT2D eigenvalue weighted by atomic mass is 32.2. The Morgan fingerprint density at radius 3 is 2.50 bits per heavy atom. The predicted molar refractivity (Wildman–Crippen MR) is 100 cm³/mol. The zero-order valence-corrected chi connectivity index (χ0v) is 16.7. The number of nitrogens with one attached hydrogen (secondary N) is 3. The molecule has 1 aromatic carbocycles. The number of sulfonamides is 1. The number of amides is 4. The molecule has 1 aliphatic carbocycles. The Kier molecular flexibility index (Phi) is 5.44. The smallest absolute Gasteiger partial charge is 0.324 e. The van der Waals surface area contributed by atoms with Crippen LogP contribution in [0.15, 0.2) is 23.1 Å². The van der Waals surface area contributed by atoms with E-state index in [0.29, 0.717) is 0 Å². The molecule has 1 saturated heterocycles. The lowest BCUT2D eigenvalue weighted by atomic mass is 9.92. The van der Waals surface area contributed by atoms with Gasteiger partial charge in [-0.1, -0.05) is 6.07 Å². The van der Waals surface area contributed by atoms with Crippen molar-refractivity contribution in [2.75, 3.05) is 6.54 Å². The first kappa shape index (κ1) is 20.3. The van der Waals surface area contributed by atoms with Gasteiger partial charge in [-0.05, 0) is 62.8 Å². The van der Waals surface area contributed by atoms with Crippen molar-refractivity contribution < 1.29 is 22.8 Å². The topological polar surface area (TPSA) is 125 Å². The normalized spacial score (nSPS) is 18.6. The molecule has 0 unspecified atom stereocenters. The number of nitrogens with zero attached hydrogens (tertiary/aromatic N) is 1. The van der Waals surface area contributed by atoms with Gasteiger partial charge >= 0.3 is 6.03 Å². The molecule has 4 amide bonds. The minimum atomic E-state index is -3.91. The van der Waals surface area contributed by atoms with E-state index in [1.807, 2.05) is 6.07 Å². The van der Waals surface area contributed by atoms with Gasteiger partial charge in [-0.2, -0.15) is 0 Å². The van der Waals surface area contributed by atoms with Crippen LogP contribution in [-0.2, 0) is 32.5 Å². The maximum Gasteiger partial charge on any atom is 0.325 e. The van der Waals surface area contributed by atoms with Crippen molar-refractivity contribution >= 4 is 27.9 Å². The van der Waals surface area contributed by atoms with E-state index in [1.165, 1.54) is 6.07 Å². The van der Waals surface area contributed by atoms with E-state index in [2.05, 4.69) is 15.6 Å². The van der Waals surface area contributed by atoms with Gasteiger partial charge in [0, 0.05) is 13.0 Å². The highest BCUT2D eigenvalue weighted by Crippen LogP contribution is 2.24. The molecule has 9 nitrogen and oxygen atoms in total. The van der Waals surface area contributed by atoms with E-state index in [1.54, 1.807) is 19.9 Å². The number of hydrogen-bond acceptors (Lipinski definition) is 5. The highest BCUT2D eigenvalue weighted by Gasteiger charge is 2.44. The molecule has 0 saturated carbocycles. The van der Waals surface area contributed by atoms with Crippen molar-refractivity contribution in [3.63, 3.8) is 0 Å². The van der Waals surface area contributed by atoms with Crippen LogP contribution in [0.4, 0.5) is 4.79 Å². The lowest BCUT2D eigenvalue weighted by molar-refractivity contribution is -0.130.